The second-order valence-electron chi connectivity index (χ2n) is 6.99. The van der Waals surface area contributed by atoms with Crippen LogP contribution in [0.2, 0.25) is 0 Å². The van der Waals surface area contributed by atoms with E-state index < -0.39 is 5.25 Å². The maximum atomic E-state index is 12.7. The van der Waals surface area contributed by atoms with Crippen LogP contribution in [0.4, 0.5) is 5.69 Å². The zero-order chi connectivity index (χ0) is 20.3. The molecular weight excluding hydrogens is 370 g/mol. The minimum Gasteiger partial charge on any atom is -0.325 e. The fraction of sp³-hybridized carbons (Fsp3) is 0.318. The Balaban J connectivity index is 1.79. The highest BCUT2D eigenvalue weighted by atomic mass is 32.2. The number of nitrogens with zero attached hydrogens (tertiary/aromatic N) is 2. The topological polar surface area (TPSA) is 64.0 Å². The summed E-state index contributed by atoms with van der Waals surface area (Å²) in [5.41, 5.74) is 2.57. The zero-order valence-electron chi connectivity index (χ0n) is 16.6. The summed E-state index contributed by atoms with van der Waals surface area (Å²) >= 11 is 1.30. The van der Waals surface area contributed by atoms with Crippen LogP contribution in [0, 0.1) is 0 Å². The second kappa shape index (κ2) is 8.61. The van der Waals surface area contributed by atoms with E-state index in [9.17, 15) is 9.59 Å². The molecule has 0 saturated carbocycles. The number of carbonyl (C=O) groups is 1. The Morgan fingerprint density at radius 2 is 1.79 bits per heavy atom. The first kappa shape index (κ1) is 20.1. The van der Waals surface area contributed by atoms with Gasteiger partial charge in [-0.2, -0.15) is 0 Å². The number of hydrogen-bond acceptors (Lipinski definition) is 4. The van der Waals surface area contributed by atoms with E-state index in [1.807, 2.05) is 56.3 Å². The van der Waals surface area contributed by atoms with Crippen molar-refractivity contribution in [2.75, 3.05) is 5.32 Å². The molecule has 0 bridgehead atoms. The normalized spacial score (nSPS) is 12.3. The molecule has 1 N–H and O–H groups in total. The zero-order valence-corrected chi connectivity index (χ0v) is 17.4. The summed E-state index contributed by atoms with van der Waals surface area (Å²) < 4.78 is 1.62. The lowest BCUT2D eigenvalue weighted by Gasteiger charge is -2.15. The average Bonchev–Trinajstić information content (AvgIpc) is 2.68. The van der Waals surface area contributed by atoms with E-state index in [4.69, 9.17) is 0 Å². The highest BCUT2D eigenvalue weighted by Gasteiger charge is 2.19. The molecule has 1 unspecified atom stereocenters. The molecule has 2 aromatic carbocycles. The molecule has 146 valence electrons. The molecule has 1 aromatic heterocycles. The standard InChI is InChI=1S/C22H25N3O2S/c1-5-25-21(27)18-8-6-7-9-19(18)24-22(25)28-15(4)20(26)23-17-12-10-16(11-13-17)14(2)3/h6-15H,5H2,1-4H3,(H,23,26). The Hall–Kier alpha value is -2.60. The number of para-hydroxylation sites is 1. The molecule has 0 radical (unpaired) electrons. The van der Waals surface area contributed by atoms with Gasteiger partial charge in [0.2, 0.25) is 5.91 Å². The Morgan fingerprint density at radius 3 is 2.43 bits per heavy atom. The van der Waals surface area contributed by atoms with E-state index >= 15 is 0 Å². The van der Waals surface area contributed by atoms with Crippen molar-refractivity contribution in [3.63, 3.8) is 0 Å². The summed E-state index contributed by atoms with van der Waals surface area (Å²) in [5.74, 6) is 0.330. The van der Waals surface area contributed by atoms with Crippen molar-refractivity contribution in [2.24, 2.45) is 0 Å². The van der Waals surface area contributed by atoms with Crippen LogP contribution >= 0.6 is 11.8 Å². The largest absolute Gasteiger partial charge is 0.325 e. The molecule has 3 rings (SSSR count). The molecule has 28 heavy (non-hydrogen) atoms. The molecule has 3 aromatic rings. The van der Waals surface area contributed by atoms with Gasteiger partial charge in [0.05, 0.1) is 16.2 Å². The minimum atomic E-state index is -0.393. The van der Waals surface area contributed by atoms with Gasteiger partial charge < -0.3 is 5.32 Å². The van der Waals surface area contributed by atoms with Gasteiger partial charge in [0.1, 0.15) is 0 Å². The monoisotopic (exact) mass is 395 g/mol. The van der Waals surface area contributed by atoms with Crippen LogP contribution in [0.5, 0.6) is 0 Å². The predicted octanol–water partition coefficient (Wildman–Crippen LogP) is 4.66. The molecule has 0 aliphatic heterocycles. The van der Waals surface area contributed by atoms with E-state index in [1.165, 1.54) is 17.3 Å². The number of hydrogen-bond donors (Lipinski definition) is 1. The van der Waals surface area contributed by atoms with E-state index in [0.717, 1.165) is 5.69 Å². The van der Waals surface area contributed by atoms with Gasteiger partial charge in [0.25, 0.3) is 5.56 Å². The lowest BCUT2D eigenvalue weighted by Crippen LogP contribution is -2.26. The van der Waals surface area contributed by atoms with Gasteiger partial charge in [0, 0.05) is 12.2 Å². The van der Waals surface area contributed by atoms with Crippen molar-refractivity contribution < 1.29 is 4.79 Å². The lowest BCUT2D eigenvalue weighted by atomic mass is 10.0. The van der Waals surface area contributed by atoms with Crippen molar-refractivity contribution in [2.45, 2.75) is 50.6 Å². The third-order valence-corrected chi connectivity index (χ3v) is 5.73. The Bertz CT molecular complexity index is 1040. The van der Waals surface area contributed by atoms with E-state index in [-0.39, 0.29) is 11.5 Å². The van der Waals surface area contributed by atoms with Gasteiger partial charge in [-0.25, -0.2) is 4.98 Å². The van der Waals surface area contributed by atoms with E-state index in [0.29, 0.717) is 28.5 Å². The van der Waals surface area contributed by atoms with Crippen LogP contribution in [0.1, 0.15) is 39.2 Å². The van der Waals surface area contributed by atoms with Gasteiger partial charge in [-0.15, -0.1) is 0 Å². The molecule has 1 heterocycles. The van der Waals surface area contributed by atoms with Crippen LogP contribution in [0.15, 0.2) is 58.5 Å². The first-order valence-corrected chi connectivity index (χ1v) is 10.4. The second-order valence-corrected chi connectivity index (χ2v) is 8.29. The van der Waals surface area contributed by atoms with Crippen LogP contribution in [-0.4, -0.2) is 20.7 Å². The molecule has 6 heteroatoms. The number of anilines is 1. The van der Waals surface area contributed by atoms with Gasteiger partial charge in [-0.3, -0.25) is 14.2 Å². The quantitative estimate of drug-likeness (QED) is 0.487. The summed E-state index contributed by atoms with van der Waals surface area (Å²) in [7, 11) is 0. The van der Waals surface area contributed by atoms with E-state index in [1.54, 1.807) is 10.6 Å². The summed E-state index contributed by atoms with van der Waals surface area (Å²) in [5, 5.41) is 3.70. The Kier molecular flexibility index (Phi) is 6.19. The van der Waals surface area contributed by atoms with Gasteiger partial charge in [0.15, 0.2) is 5.16 Å². The average molecular weight is 396 g/mol. The first-order valence-electron chi connectivity index (χ1n) is 9.47. The summed E-state index contributed by atoms with van der Waals surface area (Å²) in [4.78, 5) is 30.0. The number of fused-ring (bicyclic) bond motifs is 1. The maximum Gasteiger partial charge on any atom is 0.262 e. The van der Waals surface area contributed by atoms with Crippen molar-refractivity contribution in [3.8, 4) is 0 Å². The Labute approximate surface area is 169 Å². The van der Waals surface area contributed by atoms with E-state index in [2.05, 4.69) is 24.1 Å². The maximum absolute atomic E-state index is 12.7. The smallest absolute Gasteiger partial charge is 0.262 e. The van der Waals surface area contributed by atoms with Crippen molar-refractivity contribution in [1.82, 2.24) is 9.55 Å². The van der Waals surface area contributed by atoms with Gasteiger partial charge in [-0.1, -0.05) is 49.9 Å². The van der Waals surface area contributed by atoms with Crippen molar-refractivity contribution >= 4 is 34.3 Å². The number of amides is 1. The summed E-state index contributed by atoms with van der Waals surface area (Å²) in [6.07, 6.45) is 0. The number of nitrogens with one attached hydrogen (secondary N) is 1. The number of thioether (sulfide) groups is 1. The predicted molar refractivity (Wildman–Crippen MR) is 116 cm³/mol. The highest BCUT2D eigenvalue weighted by molar-refractivity contribution is 8.00. The molecule has 1 amide bonds. The fourth-order valence-electron chi connectivity index (χ4n) is 2.92. The van der Waals surface area contributed by atoms with Crippen LogP contribution in [-0.2, 0) is 11.3 Å². The fourth-order valence-corrected chi connectivity index (χ4v) is 3.90. The third kappa shape index (κ3) is 4.28. The molecule has 0 saturated heterocycles. The molecule has 1 atom stereocenters. The third-order valence-electron chi connectivity index (χ3n) is 4.64. The number of benzene rings is 2. The molecule has 0 spiro atoms. The van der Waals surface area contributed by atoms with Gasteiger partial charge in [-0.05, 0) is 49.6 Å². The van der Waals surface area contributed by atoms with Crippen molar-refractivity contribution in [1.29, 1.82) is 0 Å². The molecular formula is C22H25N3O2S. The number of rotatable bonds is 6. The SMILES string of the molecule is CCn1c(SC(C)C(=O)Nc2ccc(C(C)C)cc2)nc2ccccc2c1=O. The first-order chi connectivity index (χ1) is 13.4. The summed E-state index contributed by atoms with van der Waals surface area (Å²) in [6, 6.07) is 15.2. The number of aromatic nitrogens is 2. The van der Waals surface area contributed by atoms with Crippen LogP contribution in [0.25, 0.3) is 10.9 Å². The lowest BCUT2D eigenvalue weighted by molar-refractivity contribution is -0.115. The van der Waals surface area contributed by atoms with Crippen molar-refractivity contribution in [3.05, 3.63) is 64.4 Å². The van der Waals surface area contributed by atoms with Gasteiger partial charge >= 0.3 is 0 Å². The molecule has 0 fully saturated rings. The Morgan fingerprint density at radius 1 is 1.11 bits per heavy atom. The van der Waals surface area contributed by atoms with Crippen LogP contribution < -0.4 is 10.9 Å². The summed E-state index contributed by atoms with van der Waals surface area (Å²) in [6.45, 7) is 8.50. The molecule has 0 aliphatic rings. The molecule has 5 nitrogen and oxygen atoms in total. The number of carbonyl (C=O) groups excluding carboxylic acids is 1. The highest BCUT2D eigenvalue weighted by Crippen LogP contribution is 2.24. The molecule has 0 aliphatic carbocycles. The minimum absolute atomic E-state index is 0.0764. The van der Waals surface area contributed by atoms with Crippen LogP contribution in [0.3, 0.4) is 0 Å².